The highest BCUT2D eigenvalue weighted by atomic mass is 16.7. The molecule has 4 N–H and O–H groups in total. The number of fused-ring (bicyclic) bond motifs is 3. The Morgan fingerprint density at radius 2 is 1.63 bits per heavy atom. The lowest BCUT2D eigenvalue weighted by atomic mass is 9.80. The number of allylic oxidation sites excluding steroid dienone is 3. The third-order valence-electron chi connectivity index (χ3n) is 13.0. The van der Waals surface area contributed by atoms with Crippen LogP contribution >= 0.6 is 0 Å². The van der Waals surface area contributed by atoms with Crippen molar-refractivity contribution in [2.24, 2.45) is 29.6 Å². The molecule has 0 aromatic rings. The number of hydrogen-bond acceptors (Lipinski definition) is 13. The number of cyclic esters (lactones) is 1. The highest BCUT2D eigenvalue weighted by Crippen LogP contribution is 2.40. The second-order valence-corrected chi connectivity index (χ2v) is 17.3. The van der Waals surface area contributed by atoms with E-state index in [9.17, 15) is 39.6 Å². The molecular weight excluding hydrogens is 738 g/mol. The van der Waals surface area contributed by atoms with Crippen molar-refractivity contribution in [3.05, 3.63) is 23.3 Å². The average molecular weight is 808 g/mol. The largest absolute Gasteiger partial charge is 0.456 e. The average Bonchev–Trinajstić information content (AvgIpc) is 3.18. The van der Waals surface area contributed by atoms with Gasteiger partial charge in [-0.1, -0.05) is 45.4 Å². The number of nitrogens with zero attached hydrogens (tertiary/aromatic N) is 1. The van der Waals surface area contributed by atoms with Gasteiger partial charge in [-0.05, 0) is 89.0 Å². The summed E-state index contributed by atoms with van der Waals surface area (Å²) in [4.78, 5) is 57.6. The van der Waals surface area contributed by atoms with Gasteiger partial charge < -0.3 is 49.0 Å². The van der Waals surface area contributed by atoms with Gasteiger partial charge in [0.05, 0.1) is 18.3 Å². The first-order chi connectivity index (χ1) is 26.8. The first-order valence-corrected chi connectivity index (χ1v) is 20.9. The Hall–Kier alpha value is -2.56. The van der Waals surface area contributed by atoms with E-state index >= 15 is 0 Å². The number of aliphatic hydroxyl groups excluding tert-OH is 2. The predicted molar refractivity (Wildman–Crippen MR) is 209 cm³/mol. The molecule has 4 aliphatic rings. The van der Waals surface area contributed by atoms with Crippen LogP contribution in [0.25, 0.3) is 0 Å². The second kappa shape index (κ2) is 20.1. The van der Waals surface area contributed by atoms with E-state index in [2.05, 4.69) is 0 Å². The van der Waals surface area contributed by atoms with Gasteiger partial charge in [0.2, 0.25) is 5.79 Å². The van der Waals surface area contributed by atoms with Crippen molar-refractivity contribution in [2.45, 2.75) is 166 Å². The van der Waals surface area contributed by atoms with Crippen molar-refractivity contribution in [3.8, 4) is 0 Å². The predicted octanol–water partition coefficient (Wildman–Crippen LogP) is 3.79. The van der Waals surface area contributed by atoms with Gasteiger partial charge in [0, 0.05) is 58.5 Å². The molecule has 1 aliphatic carbocycles. The topological polar surface area (TPSA) is 199 Å². The van der Waals surface area contributed by atoms with Crippen LogP contribution in [-0.2, 0) is 42.9 Å². The second-order valence-electron chi connectivity index (χ2n) is 17.3. The van der Waals surface area contributed by atoms with Crippen molar-refractivity contribution in [3.63, 3.8) is 0 Å². The lowest BCUT2D eigenvalue weighted by molar-refractivity contribution is -0.302. The van der Waals surface area contributed by atoms with Gasteiger partial charge >= 0.3 is 5.97 Å². The first-order valence-electron chi connectivity index (χ1n) is 20.9. The van der Waals surface area contributed by atoms with Gasteiger partial charge in [0.1, 0.15) is 30.1 Å². The van der Waals surface area contributed by atoms with Crippen LogP contribution in [0.1, 0.15) is 112 Å². The molecule has 4 rings (SSSR count). The Bertz CT molecular complexity index is 1480. The lowest BCUT2D eigenvalue weighted by Gasteiger charge is -2.47. The number of ether oxygens (including phenoxy) is 5. The molecule has 14 nitrogen and oxygen atoms in total. The Labute approximate surface area is 338 Å². The minimum atomic E-state index is -2.52. The number of methoxy groups -OCH3 is 3. The van der Waals surface area contributed by atoms with Gasteiger partial charge in [-0.25, -0.2) is 4.79 Å². The summed E-state index contributed by atoms with van der Waals surface area (Å²) in [5.74, 6) is -9.85. The number of carbonyl (C=O) groups excluding carboxylic acids is 4. The Morgan fingerprint density at radius 3 is 2.26 bits per heavy atom. The van der Waals surface area contributed by atoms with E-state index in [0.717, 1.165) is 10.5 Å². The van der Waals surface area contributed by atoms with Crippen LogP contribution in [0.15, 0.2) is 23.3 Å². The molecule has 0 spiro atoms. The molecule has 0 aromatic heterocycles. The minimum Gasteiger partial charge on any atom is -0.456 e. The van der Waals surface area contributed by atoms with Gasteiger partial charge in [0.15, 0.2) is 5.79 Å². The lowest BCUT2D eigenvalue weighted by Crippen LogP contribution is -2.64. The number of esters is 1. The molecule has 0 radical (unpaired) electrons. The maximum absolute atomic E-state index is 14.3. The summed E-state index contributed by atoms with van der Waals surface area (Å²) < 4.78 is 29.4. The van der Waals surface area contributed by atoms with Crippen LogP contribution in [0.2, 0.25) is 0 Å². The normalized spacial score (nSPS) is 42.4. The SMILES string of the molecule is CCC1/C=C(\C)CC(C)CC(OC)C2OC(O)(C(=O)C(=O)N3CCCCC3C(=O)OC(C(C)=CC3CCC(O)C(O)(OC)C3)C(C)C(O)CC1=O)C(C)CC2OC. The summed E-state index contributed by atoms with van der Waals surface area (Å²) in [6.07, 6.45) is 2.06. The number of carbonyl (C=O) groups is 4. The Balaban J connectivity index is 1.77. The molecule has 14 atom stereocenters. The summed E-state index contributed by atoms with van der Waals surface area (Å²) in [7, 11) is 4.36. The highest BCUT2D eigenvalue weighted by molar-refractivity contribution is 6.39. The molecule has 3 heterocycles. The number of hydrogen-bond donors (Lipinski definition) is 4. The van der Waals surface area contributed by atoms with Crippen LogP contribution in [-0.4, -0.2) is 131 Å². The van der Waals surface area contributed by atoms with Crippen molar-refractivity contribution in [1.82, 2.24) is 4.90 Å². The Morgan fingerprint density at radius 1 is 0.965 bits per heavy atom. The molecular formula is C43H69NO13. The first kappa shape index (κ1) is 47.1. The summed E-state index contributed by atoms with van der Waals surface area (Å²) in [6.45, 7) is 11.0. The zero-order chi connectivity index (χ0) is 42.4. The molecule has 3 fully saturated rings. The molecule has 1 saturated carbocycles. The number of amides is 1. The fraction of sp³-hybridized carbons (Fsp3) is 0.814. The monoisotopic (exact) mass is 807 g/mol. The maximum atomic E-state index is 14.3. The number of Topliss-reactive ketones (excluding diaryl/α,β-unsaturated/α-hetero) is 2. The van der Waals surface area contributed by atoms with Crippen LogP contribution in [0.5, 0.6) is 0 Å². The fourth-order valence-corrected chi connectivity index (χ4v) is 9.42. The van der Waals surface area contributed by atoms with Crippen LogP contribution in [0.4, 0.5) is 0 Å². The quantitative estimate of drug-likeness (QED) is 0.131. The van der Waals surface area contributed by atoms with E-state index in [-0.39, 0.29) is 56.3 Å². The maximum Gasteiger partial charge on any atom is 0.329 e. The van der Waals surface area contributed by atoms with E-state index in [1.807, 2.05) is 32.9 Å². The van der Waals surface area contributed by atoms with Crippen molar-refractivity contribution in [2.75, 3.05) is 27.9 Å². The molecule has 14 heteroatoms. The molecule has 324 valence electrons. The standard InChI is InChI=1S/C43H69NO13/c1-10-30-18-24(2)17-25(3)19-34(53-7)38-35(54-8)21-27(5)43(52,57-38)39(48)40(49)44-16-12-11-13-31(44)41(50)56-37(28(6)32(45)22-33(30)46)26(4)20-29-14-15-36(47)42(51,23-29)55-9/h18,20,25,27-32,34-38,45,47,51-52H,10-17,19,21-23H2,1-9H3/b24-18+,26-20?. The van der Waals surface area contributed by atoms with E-state index in [4.69, 9.17) is 23.7 Å². The van der Waals surface area contributed by atoms with E-state index < -0.39 is 89.7 Å². The Kier molecular flexibility index (Phi) is 16.6. The third kappa shape index (κ3) is 10.8. The molecule has 2 bridgehead atoms. The van der Waals surface area contributed by atoms with Crippen LogP contribution in [0.3, 0.4) is 0 Å². The fourth-order valence-electron chi connectivity index (χ4n) is 9.42. The molecule has 1 amide bonds. The van der Waals surface area contributed by atoms with Crippen molar-refractivity contribution >= 4 is 23.4 Å². The summed E-state index contributed by atoms with van der Waals surface area (Å²) in [5, 5.41) is 45.0. The van der Waals surface area contributed by atoms with Crippen LogP contribution < -0.4 is 0 Å². The molecule has 14 unspecified atom stereocenters. The van der Waals surface area contributed by atoms with Crippen molar-refractivity contribution < 1.29 is 63.3 Å². The molecule has 3 aliphatic heterocycles. The molecule has 2 saturated heterocycles. The summed E-state index contributed by atoms with van der Waals surface area (Å²) in [6, 6.07) is -1.18. The van der Waals surface area contributed by atoms with Gasteiger partial charge in [-0.3, -0.25) is 14.4 Å². The van der Waals surface area contributed by atoms with Crippen molar-refractivity contribution in [1.29, 1.82) is 0 Å². The van der Waals surface area contributed by atoms with Gasteiger partial charge in [-0.2, -0.15) is 0 Å². The zero-order valence-corrected chi connectivity index (χ0v) is 35.5. The zero-order valence-electron chi connectivity index (χ0n) is 35.5. The van der Waals surface area contributed by atoms with Gasteiger partial charge in [-0.15, -0.1) is 0 Å². The van der Waals surface area contributed by atoms with E-state index in [1.165, 1.54) is 21.3 Å². The third-order valence-corrected chi connectivity index (χ3v) is 13.0. The molecule has 0 aromatic carbocycles. The molecule has 57 heavy (non-hydrogen) atoms. The summed E-state index contributed by atoms with van der Waals surface area (Å²) >= 11 is 0. The summed E-state index contributed by atoms with van der Waals surface area (Å²) in [5.41, 5.74) is 1.52. The number of piperidine rings is 1. The number of aliphatic hydroxyl groups is 4. The highest BCUT2D eigenvalue weighted by Gasteiger charge is 2.56. The smallest absolute Gasteiger partial charge is 0.329 e. The number of ketones is 2. The number of rotatable bonds is 6. The van der Waals surface area contributed by atoms with E-state index in [0.29, 0.717) is 44.1 Å². The van der Waals surface area contributed by atoms with E-state index in [1.54, 1.807) is 20.8 Å². The van der Waals surface area contributed by atoms with Gasteiger partial charge in [0.25, 0.3) is 11.7 Å². The van der Waals surface area contributed by atoms with Crippen LogP contribution in [0, 0.1) is 29.6 Å². The minimum absolute atomic E-state index is 0.0181.